The van der Waals surface area contributed by atoms with Gasteiger partial charge in [-0.3, -0.25) is 9.78 Å². The van der Waals surface area contributed by atoms with Crippen molar-refractivity contribution in [2.75, 3.05) is 6.54 Å². The van der Waals surface area contributed by atoms with Crippen LogP contribution in [0.4, 0.5) is 4.39 Å². The van der Waals surface area contributed by atoms with Crippen LogP contribution in [0.2, 0.25) is 0 Å². The number of aromatic nitrogens is 3. The summed E-state index contributed by atoms with van der Waals surface area (Å²) in [6, 6.07) is 7.58. The maximum Gasteiger partial charge on any atom is 0.254 e. The molecule has 0 bridgehead atoms. The van der Waals surface area contributed by atoms with Gasteiger partial charge in [0.2, 0.25) is 0 Å². The molecule has 3 heterocycles. The molecule has 150 valence electrons. The topological polar surface area (TPSA) is 86.8 Å². The number of carbonyl (C=O) groups excluding carboxylic acids is 1. The van der Waals surface area contributed by atoms with Crippen molar-refractivity contribution in [3.05, 3.63) is 78.2 Å². The minimum Gasteiger partial charge on any atom is -0.344 e. The minimum absolute atomic E-state index is 0.141. The van der Waals surface area contributed by atoms with E-state index in [1.54, 1.807) is 29.2 Å². The average molecular weight is 467 g/mol. The second-order valence-electron chi connectivity index (χ2n) is 6.64. The molecular weight excluding hydrogens is 451 g/mol. The van der Waals surface area contributed by atoms with Crippen LogP contribution < -0.4 is 5.32 Å². The number of carbonyl (C=O) groups is 1. The molecule has 0 saturated carbocycles. The molecule has 4 rings (SSSR count). The summed E-state index contributed by atoms with van der Waals surface area (Å²) < 4.78 is 16.7. The van der Waals surface area contributed by atoms with Crippen molar-refractivity contribution in [3.63, 3.8) is 0 Å². The van der Waals surface area contributed by atoms with E-state index in [0.29, 0.717) is 28.7 Å². The lowest BCUT2D eigenvalue weighted by Gasteiger charge is -2.22. The number of pyridine rings is 1. The number of nitrogens with one attached hydrogen (secondary N) is 1. The van der Waals surface area contributed by atoms with E-state index >= 15 is 0 Å². The van der Waals surface area contributed by atoms with Crippen LogP contribution >= 0.6 is 16.1 Å². The molecule has 1 N–H and O–H groups in total. The Bertz CT molecular complexity index is 1190. The first-order chi connectivity index (χ1) is 14.6. The van der Waals surface area contributed by atoms with Crippen LogP contribution in [0.25, 0.3) is 16.6 Å². The Balaban J connectivity index is 1.64. The first-order valence-corrected chi connectivity index (χ1v) is 9.84. The number of fused-ring (bicyclic) bond motifs is 1. The number of benzene rings is 1. The van der Waals surface area contributed by atoms with Gasteiger partial charge in [-0.05, 0) is 35.9 Å². The number of halogens is 2. The van der Waals surface area contributed by atoms with Crippen molar-refractivity contribution >= 4 is 33.0 Å². The molecule has 1 aromatic carbocycles. The minimum atomic E-state index is -0.442. The summed E-state index contributed by atoms with van der Waals surface area (Å²) in [6.07, 6.45) is 10.4. The summed E-state index contributed by atoms with van der Waals surface area (Å²) in [4.78, 5) is 17.2. The fourth-order valence-electron chi connectivity index (χ4n) is 3.24. The van der Waals surface area contributed by atoms with Gasteiger partial charge < -0.3 is 9.24 Å². The highest BCUT2D eigenvalue weighted by molar-refractivity contribution is 9.07. The summed E-state index contributed by atoms with van der Waals surface area (Å²) in [5, 5.41) is 17.1. The second-order valence-corrected chi connectivity index (χ2v) is 7.55. The zero-order valence-electron chi connectivity index (χ0n) is 15.7. The largest absolute Gasteiger partial charge is 0.344 e. The Morgan fingerprint density at radius 1 is 1.30 bits per heavy atom. The molecule has 0 unspecified atom stereocenters. The van der Waals surface area contributed by atoms with Crippen LogP contribution in [0.15, 0.2) is 66.8 Å². The quantitative estimate of drug-likeness (QED) is 0.580. The van der Waals surface area contributed by atoms with Crippen molar-refractivity contribution < 1.29 is 9.18 Å². The number of nitriles is 1. The first-order valence-electron chi connectivity index (χ1n) is 9.13. The van der Waals surface area contributed by atoms with Gasteiger partial charge in [-0.25, -0.2) is 9.07 Å². The van der Waals surface area contributed by atoms with E-state index in [1.165, 1.54) is 18.3 Å². The van der Waals surface area contributed by atoms with Gasteiger partial charge in [0.05, 0.1) is 47.7 Å². The molecule has 0 radical (unpaired) electrons. The van der Waals surface area contributed by atoms with Crippen LogP contribution in [-0.2, 0) is 0 Å². The van der Waals surface area contributed by atoms with E-state index < -0.39 is 6.04 Å². The SMILES string of the molecule is N#CC[C@H](NC(=O)c1cncc2c1cnn2-c1ccc(F)cc1)C1=CCN(Br)C=C1. The van der Waals surface area contributed by atoms with E-state index in [4.69, 9.17) is 0 Å². The van der Waals surface area contributed by atoms with Crippen molar-refractivity contribution in [2.45, 2.75) is 12.5 Å². The molecule has 0 saturated heterocycles. The molecule has 0 aliphatic carbocycles. The van der Waals surface area contributed by atoms with Gasteiger partial charge in [-0.2, -0.15) is 10.4 Å². The molecular formula is C21H16BrFN6O. The van der Waals surface area contributed by atoms with E-state index in [0.717, 1.165) is 5.57 Å². The average Bonchev–Trinajstić information content (AvgIpc) is 3.19. The number of amides is 1. The van der Waals surface area contributed by atoms with Crippen LogP contribution in [0.5, 0.6) is 0 Å². The lowest BCUT2D eigenvalue weighted by atomic mass is 10.0. The Kier molecular flexibility index (Phi) is 5.59. The Hall–Kier alpha value is -3.51. The summed E-state index contributed by atoms with van der Waals surface area (Å²) in [6.45, 7) is 0.630. The predicted molar refractivity (Wildman–Crippen MR) is 113 cm³/mol. The van der Waals surface area contributed by atoms with Gasteiger partial charge in [-0.1, -0.05) is 6.08 Å². The maximum absolute atomic E-state index is 13.2. The van der Waals surface area contributed by atoms with Gasteiger partial charge in [0.1, 0.15) is 5.82 Å². The molecule has 1 aliphatic rings. The third-order valence-corrected chi connectivity index (χ3v) is 5.27. The van der Waals surface area contributed by atoms with Crippen LogP contribution in [0.1, 0.15) is 16.8 Å². The first kappa shape index (κ1) is 19.8. The summed E-state index contributed by atoms with van der Waals surface area (Å²) in [7, 11) is 0. The van der Waals surface area contributed by atoms with E-state index in [-0.39, 0.29) is 18.1 Å². The summed E-state index contributed by atoms with van der Waals surface area (Å²) in [5.74, 6) is -0.686. The molecule has 0 spiro atoms. The van der Waals surface area contributed by atoms with Gasteiger partial charge in [-0.15, -0.1) is 0 Å². The van der Waals surface area contributed by atoms with Gasteiger partial charge in [0, 0.05) is 40.5 Å². The number of rotatable bonds is 5. The van der Waals surface area contributed by atoms with Crippen LogP contribution in [-0.4, -0.2) is 37.2 Å². The predicted octanol–water partition coefficient (Wildman–Crippen LogP) is 3.64. The Morgan fingerprint density at radius 2 is 2.10 bits per heavy atom. The highest BCUT2D eigenvalue weighted by Crippen LogP contribution is 2.22. The molecule has 1 atom stereocenters. The number of nitrogens with zero attached hydrogens (tertiary/aromatic N) is 5. The van der Waals surface area contributed by atoms with Gasteiger partial charge in [0.25, 0.3) is 5.91 Å². The standard InChI is InChI=1S/C21H16BrFN6O/c22-28-9-6-14(7-10-28)19(5-8-24)27-21(30)18-11-25-13-20-17(18)12-26-29(20)16-3-1-15(23)2-4-16/h1-4,6-7,9,11-13,19H,5,10H2,(H,27,30)/t19-/m0/s1. The smallest absolute Gasteiger partial charge is 0.254 e. The van der Waals surface area contributed by atoms with Gasteiger partial charge in [0.15, 0.2) is 0 Å². The summed E-state index contributed by atoms with van der Waals surface area (Å²) in [5.41, 5.74) is 2.50. The normalized spacial score (nSPS) is 14.3. The van der Waals surface area contributed by atoms with Crippen molar-refractivity contribution in [1.29, 1.82) is 5.26 Å². The molecule has 9 heteroatoms. The highest BCUT2D eigenvalue weighted by atomic mass is 79.9. The maximum atomic E-state index is 13.2. The van der Waals surface area contributed by atoms with Crippen molar-refractivity contribution in [3.8, 4) is 11.8 Å². The van der Waals surface area contributed by atoms with Crippen LogP contribution in [0.3, 0.4) is 0 Å². The monoisotopic (exact) mass is 466 g/mol. The molecule has 2 aromatic heterocycles. The van der Waals surface area contributed by atoms with E-state index in [1.807, 2.05) is 22.3 Å². The Morgan fingerprint density at radius 3 is 2.80 bits per heavy atom. The molecule has 7 nitrogen and oxygen atoms in total. The lowest BCUT2D eigenvalue weighted by molar-refractivity contribution is 0.0945. The lowest BCUT2D eigenvalue weighted by Crippen LogP contribution is -2.36. The molecule has 0 fully saturated rings. The fraction of sp³-hybridized carbons (Fsp3) is 0.143. The fourth-order valence-corrected chi connectivity index (χ4v) is 3.50. The van der Waals surface area contributed by atoms with Crippen molar-refractivity contribution in [1.82, 2.24) is 24.0 Å². The molecule has 1 aliphatic heterocycles. The third kappa shape index (κ3) is 3.95. The van der Waals surface area contributed by atoms with E-state index in [2.05, 4.69) is 37.6 Å². The van der Waals surface area contributed by atoms with Crippen LogP contribution in [0, 0.1) is 17.1 Å². The molecule has 30 heavy (non-hydrogen) atoms. The molecule has 1 amide bonds. The molecule has 3 aromatic rings. The highest BCUT2D eigenvalue weighted by Gasteiger charge is 2.21. The zero-order chi connectivity index (χ0) is 21.1. The van der Waals surface area contributed by atoms with E-state index in [9.17, 15) is 14.4 Å². The van der Waals surface area contributed by atoms with Gasteiger partial charge >= 0.3 is 0 Å². The second kappa shape index (κ2) is 8.47. The number of hydrogen-bond donors (Lipinski definition) is 1. The van der Waals surface area contributed by atoms with Crippen molar-refractivity contribution in [2.24, 2.45) is 0 Å². The zero-order valence-corrected chi connectivity index (χ0v) is 17.3. The summed E-state index contributed by atoms with van der Waals surface area (Å²) >= 11 is 3.36. The number of hydrogen-bond acceptors (Lipinski definition) is 5. The third-order valence-electron chi connectivity index (χ3n) is 4.75. The Labute approximate surface area is 180 Å².